The smallest absolute Gasteiger partial charge is 0.307 e. The summed E-state index contributed by atoms with van der Waals surface area (Å²) >= 11 is 3.16. The molecule has 0 spiro atoms. The minimum absolute atomic E-state index is 0.269. The molecule has 1 fully saturated rings. The number of carbonyl (C=O) groups is 1. The lowest BCUT2D eigenvalue weighted by Gasteiger charge is -2.23. The fourth-order valence-corrected chi connectivity index (χ4v) is 2.54. The molecule has 2 heterocycles. The summed E-state index contributed by atoms with van der Waals surface area (Å²) < 4.78 is 5.71. The Hall–Kier alpha value is -1.14. The number of rotatable bonds is 4. The molecule has 1 aliphatic rings. The SMILES string of the molecule is CCC[NH+]1CCC(=NNC(=O)c2ccc(Br)o2)CC1. The van der Waals surface area contributed by atoms with Crippen molar-refractivity contribution in [1.29, 1.82) is 0 Å². The first kappa shape index (κ1) is 14.3. The van der Waals surface area contributed by atoms with Crippen molar-refractivity contribution in [3.8, 4) is 0 Å². The van der Waals surface area contributed by atoms with Gasteiger partial charge in [0.05, 0.1) is 19.6 Å². The monoisotopic (exact) mass is 328 g/mol. The van der Waals surface area contributed by atoms with E-state index in [2.05, 4.69) is 33.4 Å². The Bertz CT molecular complexity index is 460. The van der Waals surface area contributed by atoms with Crippen LogP contribution in [0.2, 0.25) is 0 Å². The molecule has 0 radical (unpaired) electrons. The topological polar surface area (TPSA) is 59.0 Å². The van der Waals surface area contributed by atoms with Crippen LogP contribution in [0.15, 0.2) is 26.3 Å². The Morgan fingerprint density at radius 2 is 2.21 bits per heavy atom. The third-order valence-corrected chi connectivity index (χ3v) is 3.68. The van der Waals surface area contributed by atoms with Crippen LogP contribution in [0.25, 0.3) is 0 Å². The van der Waals surface area contributed by atoms with Crippen LogP contribution in [-0.4, -0.2) is 31.3 Å². The van der Waals surface area contributed by atoms with Gasteiger partial charge in [0.1, 0.15) is 0 Å². The number of piperidine rings is 1. The zero-order valence-corrected chi connectivity index (χ0v) is 12.6. The molecule has 0 atom stereocenters. The number of hydrogen-bond acceptors (Lipinski definition) is 3. The van der Waals surface area contributed by atoms with Crippen molar-refractivity contribution in [1.82, 2.24) is 5.43 Å². The molecule has 19 heavy (non-hydrogen) atoms. The van der Waals surface area contributed by atoms with Gasteiger partial charge in [-0.05, 0) is 34.5 Å². The number of hydrogen-bond donors (Lipinski definition) is 2. The third kappa shape index (κ3) is 4.18. The second-order valence-electron chi connectivity index (χ2n) is 4.72. The largest absolute Gasteiger partial charge is 0.444 e. The highest BCUT2D eigenvalue weighted by molar-refractivity contribution is 9.10. The lowest BCUT2D eigenvalue weighted by molar-refractivity contribution is -0.901. The summed E-state index contributed by atoms with van der Waals surface area (Å²) in [5, 5.41) is 4.19. The van der Waals surface area contributed by atoms with E-state index in [9.17, 15) is 4.79 Å². The molecule has 0 aromatic carbocycles. The molecular weight excluding hydrogens is 310 g/mol. The second-order valence-corrected chi connectivity index (χ2v) is 5.50. The van der Waals surface area contributed by atoms with Gasteiger partial charge < -0.3 is 9.32 Å². The van der Waals surface area contributed by atoms with Gasteiger partial charge in [0.2, 0.25) is 0 Å². The van der Waals surface area contributed by atoms with Gasteiger partial charge in [-0.2, -0.15) is 5.10 Å². The van der Waals surface area contributed by atoms with Crippen molar-refractivity contribution >= 4 is 27.5 Å². The maximum absolute atomic E-state index is 11.7. The lowest BCUT2D eigenvalue weighted by Crippen LogP contribution is -3.13. The molecule has 6 heteroatoms. The van der Waals surface area contributed by atoms with Crippen molar-refractivity contribution in [3.63, 3.8) is 0 Å². The van der Waals surface area contributed by atoms with Gasteiger partial charge in [-0.25, -0.2) is 5.43 Å². The maximum Gasteiger partial charge on any atom is 0.307 e. The molecule has 0 saturated carbocycles. The summed E-state index contributed by atoms with van der Waals surface area (Å²) in [6, 6.07) is 3.31. The first-order valence-corrected chi connectivity index (χ1v) is 7.43. The maximum atomic E-state index is 11.7. The summed E-state index contributed by atoms with van der Waals surface area (Å²) in [6.07, 6.45) is 3.13. The Balaban J connectivity index is 1.82. The van der Waals surface area contributed by atoms with Crippen LogP contribution in [0.4, 0.5) is 0 Å². The standard InChI is InChI=1S/C13H18BrN3O2/c1-2-7-17-8-5-10(6-9-17)15-16-13(18)11-3-4-12(14)19-11/h3-4H,2,5-9H2,1H3,(H,16,18)/p+1. The van der Waals surface area contributed by atoms with Crippen molar-refractivity contribution in [3.05, 3.63) is 22.6 Å². The Morgan fingerprint density at radius 1 is 1.47 bits per heavy atom. The summed E-state index contributed by atoms with van der Waals surface area (Å²) in [4.78, 5) is 13.4. The molecule has 1 aliphatic heterocycles. The predicted molar refractivity (Wildman–Crippen MR) is 76.4 cm³/mol. The summed E-state index contributed by atoms with van der Waals surface area (Å²) in [5.74, 6) is -0.0354. The highest BCUT2D eigenvalue weighted by Gasteiger charge is 2.18. The molecule has 1 saturated heterocycles. The number of amides is 1. The van der Waals surface area contributed by atoms with E-state index in [-0.39, 0.29) is 11.7 Å². The van der Waals surface area contributed by atoms with Gasteiger partial charge in [0, 0.05) is 18.6 Å². The predicted octanol–water partition coefficient (Wildman–Crippen LogP) is 1.22. The molecule has 2 rings (SSSR count). The Labute approximate surface area is 121 Å². The fourth-order valence-electron chi connectivity index (χ4n) is 2.23. The van der Waals surface area contributed by atoms with E-state index in [4.69, 9.17) is 4.42 Å². The van der Waals surface area contributed by atoms with E-state index >= 15 is 0 Å². The van der Waals surface area contributed by atoms with Gasteiger partial charge in [-0.3, -0.25) is 4.79 Å². The molecular formula is C13H19BrN3O2+. The molecule has 2 N–H and O–H groups in total. The van der Waals surface area contributed by atoms with Gasteiger partial charge in [-0.1, -0.05) is 6.92 Å². The average molecular weight is 329 g/mol. The lowest BCUT2D eigenvalue weighted by atomic mass is 10.1. The van der Waals surface area contributed by atoms with Gasteiger partial charge in [0.15, 0.2) is 10.4 Å². The molecule has 1 amide bonds. The highest BCUT2D eigenvalue weighted by Crippen LogP contribution is 2.13. The molecule has 104 valence electrons. The summed E-state index contributed by atoms with van der Waals surface area (Å²) in [5.41, 5.74) is 3.62. The molecule has 0 bridgehead atoms. The number of hydrazone groups is 1. The Kier molecular flexibility index (Phi) is 5.15. The van der Waals surface area contributed by atoms with E-state index < -0.39 is 0 Å². The Morgan fingerprint density at radius 3 is 2.79 bits per heavy atom. The van der Waals surface area contributed by atoms with Crippen LogP contribution in [0.1, 0.15) is 36.7 Å². The summed E-state index contributed by atoms with van der Waals surface area (Å²) in [7, 11) is 0. The van der Waals surface area contributed by atoms with Crippen molar-refractivity contribution in [2.45, 2.75) is 26.2 Å². The molecule has 1 aromatic rings. The van der Waals surface area contributed by atoms with Crippen LogP contribution in [0.5, 0.6) is 0 Å². The number of likely N-dealkylation sites (tertiary alicyclic amines) is 1. The van der Waals surface area contributed by atoms with E-state index in [0.29, 0.717) is 4.67 Å². The number of nitrogens with one attached hydrogen (secondary N) is 2. The van der Waals surface area contributed by atoms with E-state index in [1.54, 1.807) is 17.0 Å². The minimum atomic E-state index is -0.304. The highest BCUT2D eigenvalue weighted by atomic mass is 79.9. The van der Waals surface area contributed by atoms with E-state index in [1.165, 1.54) is 13.0 Å². The second kappa shape index (κ2) is 6.86. The first-order valence-electron chi connectivity index (χ1n) is 6.63. The minimum Gasteiger partial charge on any atom is -0.444 e. The third-order valence-electron chi connectivity index (χ3n) is 3.25. The number of halogens is 1. The molecule has 5 nitrogen and oxygen atoms in total. The van der Waals surface area contributed by atoms with E-state index in [1.807, 2.05) is 0 Å². The van der Waals surface area contributed by atoms with Crippen molar-refractivity contribution in [2.24, 2.45) is 5.10 Å². The fraction of sp³-hybridized carbons (Fsp3) is 0.538. The van der Waals surface area contributed by atoms with E-state index in [0.717, 1.165) is 31.6 Å². The molecule has 1 aromatic heterocycles. The number of carbonyl (C=O) groups excluding carboxylic acids is 1. The van der Waals surface area contributed by atoms with Crippen molar-refractivity contribution < 1.29 is 14.1 Å². The number of furan rings is 1. The van der Waals surface area contributed by atoms with Crippen LogP contribution in [-0.2, 0) is 0 Å². The van der Waals surface area contributed by atoms with Crippen LogP contribution < -0.4 is 10.3 Å². The van der Waals surface area contributed by atoms with Crippen LogP contribution in [0, 0.1) is 0 Å². The van der Waals surface area contributed by atoms with Crippen molar-refractivity contribution in [2.75, 3.05) is 19.6 Å². The first-order chi connectivity index (χ1) is 9.19. The quantitative estimate of drug-likeness (QED) is 0.816. The number of quaternary nitrogens is 1. The van der Waals surface area contributed by atoms with Gasteiger partial charge in [-0.15, -0.1) is 0 Å². The zero-order chi connectivity index (χ0) is 13.7. The van der Waals surface area contributed by atoms with Gasteiger partial charge >= 0.3 is 5.91 Å². The van der Waals surface area contributed by atoms with Crippen LogP contribution in [0.3, 0.4) is 0 Å². The van der Waals surface area contributed by atoms with Crippen LogP contribution >= 0.6 is 15.9 Å². The molecule has 0 unspecified atom stereocenters. The molecule has 0 aliphatic carbocycles. The average Bonchev–Trinajstić information content (AvgIpc) is 2.85. The normalized spacial score (nSPS) is 19.3. The van der Waals surface area contributed by atoms with Gasteiger partial charge in [0.25, 0.3) is 0 Å². The number of nitrogens with zero attached hydrogens (tertiary/aromatic N) is 1. The zero-order valence-electron chi connectivity index (χ0n) is 11.0. The summed E-state index contributed by atoms with van der Waals surface area (Å²) in [6.45, 7) is 5.64.